The van der Waals surface area contributed by atoms with Crippen LogP contribution in [0.3, 0.4) is 0 Å². The molecule has 1 aliphatic carbocycles. The van der Waals surface area contributed by atoms with Gasteiger partial charge >= 0.3 is 0 Å². The highest BCUT2D eigenvalue weighted by molar-refractivity contribution is 6.05. The zero-order chi connectivity index (χ0) is 51.9. The smallest absolute Gasteiger partial charge is 0.255 e. The zero-order valence-electron chi connectivity index (χ0n) is 43.6. The molecule has 7 atom stereocenters. The lowest BCUT2D eigenvalue weighted by Crippen LogP contribution is -2.60. The summed E-state index contributed by atoms with van der Waals surface area (Å²) >= 11 is 0. The lowest BCUT2D eigenvalue weighted by molar-refractivity contribution is -0.144. The van der Waals surface area contributed by atoms with Crippen molar-refractivity contribution in [1.82, 2.24) is 41.7 Å². The van der Waals surface area contributed by atoms with Crippen molar-refractivity contribution >= 4 is 47.0 Å². The molecule has 7 N–H and O–H groups in total. The number of anilines is 1. The molecule has 0 bridgehead atoms. The van der Waals surface area contributed by atoms with Crippen LogP contribution in [0, 0.1) is 16.7 Å². The Hall–Kier alpha value is -6.13. The lowest BCUT2D eigenvalue weighted by atomic mass is 9.85. The third-order valence-electron chi connectivity index (χ3n) is 14.1. The number of fused-ring (bicyclic) bond motifs is 2. The van der Waals surface area contributed by atoms with Crippen molar-refractivity contribution in [1.29, 1.82) is 0 Å². The van der Waals surface area contributed by atoms with Gasteiger partial charge in [0.25, 0.3) is 11.8 Å². The topological polar surface area (TPSA) is 210 Å². The van der Waals surface area contributed by atoms with E-state index in [1.165, 1.54) is 10.5 Å². The minimum atomic E-state index is -0.965. The third kappa shape index (κ3) is 13.2. The maximum atomic E-state index is 14.7. The Bertz CT molecular complexity index is 2440. The van der Waals surface area contributed by atoms with Crippen LogP contribution in [-0.2, 0) is 43.4 Å². The molecule has 16 heteroatoms. The van der Waals surface area contributed by atoms with Crippen LogP contribution in [0.1, 0.15) is 138 Å². The van der Waals surface area contributed by atoms with Crippen molar-refractivity contribution in [3.63, 3.8) is 0 Å². The van der Waals surface area contributed by atoms with E-state index >= 15 is 0 Å². The molecule has 71 heavy (non-hydrogen) atoms. The molecule has 3 aromatic carbocycles. The molecule has 1 saturated heterocycles. The number of amides is 7. The number of hydrogen-bond donors (Lipinski definition) is 7. The van der Waals surface area contributed by atoms with Gasteiger partial charge in [0.05, 0.1) is 18.1 Å². The van der Waals surface area contributed by atoms with Crippen LogP contribution in [-0.4, -0.2) is 114 Å². The number of carbonyl (C=O) groups excluding carboxylic acids is 7. The molecule has 384 valence electrons. The van der Waals surface area contributed by atoms with Crippen LogP contribution in [0.25, 0.3) is 0 Å². The summed E-state index contributed by atoms with van der Waals surface area (Å²) in [5.41, 5.74) is 4.11. The third-order valence-corrected chi connectivity index (χ3v) is 14.1. The molecule has 0 aromatic heterocycles. The summed E-state index contributed by atoms with van der Waals surface area (Å²) in [6, 6.07) is 15.5. The van der Waals surface area contributed by atoms with Gasteiger partial charge in [-0.2, -0.15) is 0 Å². The SMILES string of the molecule is CCN[C@@H](C)C(=O)N[C@H](C(=O)N1CCc2ccc(NC(=O)c3ccc(C(=O)N[C@H]4C[C@@H](C(=O)N[C@@H]5CCCc6ccccc65)N(C(=O)[C@@H](NC(=O)C(NC)C(C)C)C(C)(C)C)C4)cc3)cc2C1)C(C)(C)C. The fourth-order valence-corrected chi connectivity index (χ4v) is 9.98. The van der Waals surface area contributed by atoms with E-state index in [2.05, 4.69) is 43.3 Å². The number of rotatable bonds is 16. The molecule has 3 aromatic rings. The van der Waals surface area contributed by atoms with Crippen LogP contribution >= 0.6 is 0 Å². The maximum Gasteiger partial charge on any atom is 0.255 e. The van der Waals surface area contributed by atoms with E-state index in [1.807, 2.05) is 98.7 Å². The summed E-state index contributed by atoms with van der Waals surface area (Å²) < 4.78 is 0. The fraction of sp³-hybridized carbons (Fsp3) is 0.545. The second-order valence-electron chi connectivity index (χ2n) is 22.0. The number of likely N-dealkylation sites (tertiary alicyclic amines) is 1. The summed E-state index contributed by atoms with van der Waals surface area (Å²) in [7, 11) is 1.70. The molecular formula is C55H77N9O7. The number of aryl methyl sites for hydroxylation is 1. The first-order chi connectivity index (χ1) is 33.5. The van der Waals surface area contributed by atoms with E-state index in [-0.39, 0.29) is 60.0 Å². The molecule has 7 amide bonds. The number of hydrogen-bond acceptors (Lipinski definition) is 9. The van der Waals surface area contributed by atoms with Crippen molar-refractivity contribution in [2.45, 2.75) is 150 Å². The molecule has 16 nitrogen and oxygen atoms in total. The minimum absolute atomic E-state index is 0.0446. The van der Waals surface area contributed by atoms with Gasteiger partial charge in [0.15, 0.2) is 0 Å². The van der Waals surface area contributed by atoms with Crippen LogP contribution in [0.15, 0.2) is 66.7 Å². The highest BCUT2D eigenvalue weighted by Gasteiger charge is 2.46. The van der Waals surface area contributed by atoms with Crippen molar-refractivity contribution in [3.8, 4) is 0 Å². The molecule has 2 aliphatic heterocycles. The van der Waals surface area contributed by atoms with E-state index in [9.17, 15) is 33.6 Å². The molecule has 1 fully saturated rings. The van der Waals surface area contributed by atoms with E-state index in [1.54, 1.807) is 43.1 Å². The molecule has 0 saturated carbocycles. The Morgan fingerprint density at radius 3 is 1.99 bits per heavy atom. The number of benzene rings is 3. The summed E-state index contributed by atoms with van der Waals surface area (Å²) in [6.07, 6.45) is 3.37. The number of likely N-dealkylation sites (N-methyl/N-ethyl adjacent to an activating group) is 2. The number of nitrogens with zero attached hydrogens (tertiary/aromatic N) is 2. The molecular weight excluding hydrogens is 899 g/mol. The average molecular weight is 976 g/mol. The van der Waals surface area contributed by atoms with E-state index in [4.69, 9.17) is 0 Å². The Morgan fingerprint density at radius 1 is 0.718 bits per heavy atom. The Morgan fingerprint density at radius 2 is 1.35 bits per heavy atom. The fourth-order valence-electron chi connectivity index (χ4n) is 9.98. The maximum absolute atomic E-state index is 14.7. The Labute approximate surface area is 420 Å². The van der Waals surface area contributed by atoms with Gasteiger partial charge in [-0.05, 0) is 128 Å². The van der Waals surface area contributed by atoms with Crippen LogP contribution in [0.2, 0.25) is 0 Å². The summed E-state index contributed by atoms with van der Waals surface area (Å²) in [5.74, 6) is -2.31. The molecule has 6 rings (SSSR count). The monoisotopic (exact) mass is 976 g/mol. The number of carbonyl (C=O) groups is 7. The highest BCUT2D eigenvalue weighted by atomic mass is 16.2. The Balaban J connectivity index is 1.13. The van der Waals surface area contributed by atoms with Gasteiger partial charge in [-0.15, -0.1) is 0 Å². The molecule has 0 radical (unpaired) electrons. The first kappa shape index (κ1) is 54.2. The van der Waals surface area contributed by atoms with Gasteiger partial charge in [0.1, 0.15) is 18.1 Å². The predicted octanol–water partition coefficient (Wildman–Crippen LogP) is 5.02. The highest BCUT2D eigenvalue weighted by Crippen LogP contribution is 2.32. The van der Waals surface area contributed by atoms with E-state index < -0.39 is 58.9 Å². The molecule has 1 unspecified atom stereocenters. The predicted molar refractivity (Wildman–Crippen MR) is 275 cm³/mol. The van der Waals surface area contributed by atoms with Crippen LogP contribution in [0.5, 0.6) is 0 Å². The van der Waals surface area contributed by atoms with Crippen molar-refractivity contribution in [3.05, 3.63) is 100 Å². The van der Waals surface area contributed by atoms with E-state index in [0.717, 1.165) is 36.0 Å². The second-order valence-corrected chi connectivity index (χ2v) is 22.0. The molecule has 2 heterocycles. The van der Waals surface area contributed by atoms with Crippen molar-refractivity contribution in [2.75, 3.05) is 32.0 Å². The second kappa shape index (κ2) is 23.0. The van der Waals surface area contributed by atoms with Gasteiger partial charge in [0.2, 0.25) is 29.5 Å². The van der Waals surface area contributed by atoms with Crippen molar-refractivity contribution < 1.29 is 33.6 Å². The van der Waals surface area contributed by atoms with Gasteiger partial charge in [-0.1, -0.05) is 92.6 Å². The van der Waals surface area contributed by atoms with Crippen LogP contribution in [0.4, 0.5) is 5.69 Å². The minimum Gasteiger partial charge on any atom is -0.347 e. The number of nitrogens with one attached hydrogen (secondary N) is 7. The quantitative estimate of drug-likeness (QED) is 0.103. The molecule has 0 spiro atoms. The zero-order valence-corrected chi connectivity index (χ0v) is 43.6. The normalized spacial score (nSPS) is 19.6. The van der Waals surface area contributed by atoms with Gasteiger partial charge < -0.3 is 47.0 Å². The van der Waals surface area contributed by atoms with Gasteiger partial charge in [0, 0.05) is 42.5 Å². The first-order valence-corrected chi connectivity index (χ1v) is 25.3. The summed E-state index contributed by atoms with van der Waals surface area (Å²) in [6.45, 7) is 20.4. The van der Waals surface area contributed by atoms with Crippen molar-refractivity contribution in [2.24, 2.45) is 16.7 Å². The first-order valence-electron chi connectivity index (χ1n) is 25.3. The molecule has 3 aliphatic rings. The van der Waals surface area contributed by atoms with Crippen LogP contribution < -0.4 is 37.2 Å². The van der Waals surface area contributed by atoms with Gasteiger partial charge in [-0.3, -0.25) is 33.6 Å². The summed E-state index contributed by atoms with van der Waals surface area (Å²) in [5, 5.41) is 21.4. The largest absolute Gasteiger partial charge is 0.347 e. The van der Waals surface area contributed by atoms with E-state index in [0.29, 0.717) is 37.3 Å². The standard InChI is InChI=1S/C55H77N9O7/c1-12-57-33(4)47(65)61-45(54(5,6)7)52(70)63-27-26-34-24-25-39(28-38(34)30-63)58-48(66)36-20-22-37(23-21-36)49(67)59-40-29-43(50(68)60-42-19-15-17-35-16-13-14-18-41(35)42)64(31-40)53(71)46(55(8,9)10)62-51(69)44(56-11)32(2)3/h13-14,16,18,20-25,28,32-33,40,42-46,56-57H,12,15,17,19,26-27,29-31H2,1-11H3,(H,58,66)(H,59,67)(H,60,68)(H,61,65)(H,62,69)/t33-,40-,42+,43-,44?,45+,46+/m0/s1. The summed E-state index contributed by atoms with van der Waals surface area (Å²) in [4.78, 5) is 100. The Kier molecular flexibility index (Phi) is 17.5. The average Bonchev–Trinajstić information content (AvgIpc) is 3.75. The van der Waals surface area contributed by atoms with Gasteiger partial charge in [-0.25, -0.2) is 0 Å². The lowest BCUT2D eigenvalue weighted by Gasteiger charge is -2.37.